The Balaban J connectivity index is 2.02. The van der Waals surface area contributed by atoms with Crippen molar-refractivity contribution in [2.24, 2.45) is 0 Å². The van der Waals surface area contributed by atoms with Crippen LogP contribution in [0.1, 0.15) is 38.7 Å². The molecule has 106 valence electrons. The fraction of sp³-hybridized carbons (Fsp3) is 0.176. The van der Waals surface area contributed by atoms with Crippen LogP contribution in [0, 0.1) is 0 Å². The maximum Gasteiger partial charge on any atom is 0.262 e. The van der Waals surface area contributed by atoms with Gasteiger partial charge < -0.3 is 5.11 Å². The van der Waals surface area contributed by atoms with Gasteiger partial charge in [0.25, 0.3) is 11.8 Å². The molecule has 0 aromatic heterocycles. The van der Waals surface area contributed by atoms with Gasteiger partial charge in [-0.25, -0.2) is 0 Å². The van der Waals surface area contributed by atoms with Crippen molar-refractivity contribution in [3.63, 3.8) is 0 Å². The molecule has 3 rings (SSSR count). The number of aliphatic hydroxyl groups excluding tert-OH is 1. The maximum atomic E-state index is 12.5. The summed E-state index contributed by atoms with van der Waals surface area (Å²) in [6.07, 6.45) is 0.329. The highest BCUT2D eigenvalue weighted by atomic mass is 16.3. The summed E-state index contributed by atoms with van der Waals surface area (Å²) >= 11 is 0. The van der Waals surface area contributed by atoms with Crippen LogP contribution >= 0.6 is 0 Å². The summed E-state index contributed by atoms with van der Waals surface area (Å²) in [5.41, 5.74) is 1.71. The van der Waals surface area contributed by atoms with E-state index in [0.717, 1.165) is 5.56 Å². The van der Waals surface area contributed by atoms with Gasteiger partial charge in [0.15, 0.2) is 0 Å². The van der Waals surface area contributed by atoms with E-state index in [0.29, 0.717) is 17.5 Å². The lowest BCUT2D eigenvalue weighted by Gasteiger charge is -2.26. The van der Waals surface area contributed by atoms with Crippen LogP contribution in [0.25, 0.3) is 0 Å². The molecule has 2 aromatic carbocycles. The Morgan fingerprint density at radius 3 is 1.90 bits per heavy atom. The van der Waals surface area contributed by atoms with E-state index in [4.69, 9.17) is 0 Å². The van der Waals surface area contributed by atoms with Crippen LogP contribution in [0.5, 0.6) is 0 Å². The van der Waals surface area contributed by atoms with E-state index < -0.39 is 6.04 Å². The molecule has 4 heteroatoms. The zero-order valence-electron chi connectivity index (χ0n) is 11.4. The second kappa shape index (κ2) is 5.50. The molecule has 21 heavy (non-hydrogen) atoms. The Morgan fingerprint density at radius 1 is 0.857 bits per heavy atom. The number of carbonyl (C=O) groups is 2. The van der Waals surface area contributed by atoms with E-state index in [1.165, 1.54) is 4.90 Å². The highest BCUT2D eigenvalue weighted by Crippen LogP contribution is 2.33. The standard InChI is InChI=1S/C17H15NO3/c19-11-10-15(12-6-2-1-3-7-12)18-16(20)13-8-4-5-9-14(13)17(18)21/h1-9,15,19H,10-11H2. The number of amides is 2. The van der Waals surface area contributed by atoms with Gasteiger partial charge in [-0.3, -0.25) is 14.5 Å². The Bertz CT molecular complexity index is 646. The summed E-state index contributed by atoms with van der Waals surface area (Å²) in [6.45, 7) is -0.0903. The van der Waals surface area contributed by atoms with Crippen LogP contribution in [-0.4, -0.2) is 28.4 Å². The Kier molecular flexibility index (Phi) is 3.54. The SMILES string of the molecule is O=C1c2ccccc2C(=O)N1C(CCO)c1ccccc1. The summed E-state index contributed by atoms with van der Waals surface area (Å²) in [4.78, 5) is 26.3. The maximum absolute atomic E-state index is 12.5. The molecule has 2 amide bonds. The van der Waals surface area contributed by atoms with Crippen LogP contribution in [0.2, 0.25) is 0 Å². The van der Waals surface area contributed by atoms with Gasteiger partial charge in [-0.05, 0) is 24.1 Å². The van der Waals surface area contributed by atoms with E-state index in [-0.39, 0.29) is 18.4 Å². The summed E-state index contributed by atoms with van der Waals surface area (Å²) in [7, 11) is 0. The minimum absolute atomic E-state index is 0.0903. The van der Waals surface area contributed by atoms with Gasteiger partial charge in [0.2, 0.25) is 0 Å². The highest BCUT2D eigenvalue weighted by Gasteiger charge is 2.39. The van der Waals surface area contributed by atoms with E-state index >= 15 is 0 Å². The van der Waals surface area contributed by atoms with Crippen molar-refractivity contribution in [2.45, 2.75) is 12.5 Å². The second-order valence-electron chi connectivity index (χ2n) is 4.96. The summed E-state index contributed by atoms with van der Waals surface area (Å²) in [5.74, 6) is -0.587. The van der Waals surface area contributed by atoms with E-state index in [1.807, 2.05) is 30.3 Å². The van der Waals surface area contributed by atoms with Crippen molar-refractivity contribution in [1.82, 2.24) is 4.90 Å². The lowest BCUT2D eigenvalue weighted by molar-refractivity contribution is 0.0558. The summed E-state index contributed by atoms with van der Waals surface area (Å²) < 4.78 is 0. The van der Waals surface area contributed by atoms with E-state index in [9.17, 15) is 14.7 Å². The molecular weight excluding hydrogens is 266 g/mol. The highest BCUT2D eigenvalue weighted by molar-refractivity contribution is 6.21. The summed E-state index contributed by atoms with van der Waals surface area (Å²) in [5, 5.41) is 9.30. The van der Waals surface area contributed by atoms with Gasteiger partial charge in [-0.1, -0.05) is 42.5 Å². The lowest BCUT2D eigenvalue weighted by atomic mass is 10.0. The minimum atomic E-state index is -0.441. The Labute approximate surface area is 122 Å². The lowest BCUT2D eigenvalue weighted by Crippen LogP contribution is -2.34. The van der Waals surface area contributed by atoms with Gasteiger partial charge in [0.05, 0.1) is 17.2 Å². The monoisotopic (exact) mass is 281 g/mol. The quantitative estimate of drug-likeness (QED) is 0.875. The molecule has 1 unspecified atom stereocenters. The van der Waals surface area contributed by atoms with Crippen LogP contribution in [0.3, 0.4) is 0 Å². The number of imide groups is 1. The third kappa shape index (κ3) is 2.23. The number of hydrogen-bond acceptors (Lipinski definition) is 3. The molecule has 0 saturated carbocycles. The smallest absolute Gasteiger partial charge is 0.262 e. The van der Waals surface area contributed by atoms with E-state index in [1.54, 1.807) is 24.3 Å². The zero-order valence-corrected chi connectivity index (χ0v) is 11.4. The molecule has 0 bridgehead atoms. The number of fused-ring (bicyclic) bond motifs is 1. The molecule has 1 aliphatic rings. The first-order valence-electron chi connectivity index (χ1n) is 6.86. The predicted molar refractivity (Wildman–Crippen MR) is 77.8 cm³/mol. The van der Waals surface area contributed by atoms with Crippen molar-refractivity contribution in [3.05, 3.63) is 71.3 Å². The average molecular weight is 281 g/mol. The number of hydrogen-bond donors (Lipinski definition) is 1. The molecule has 1 heterocycles. The average Bonchev–Trinajstić information content (AvgIpc) is 2.78. The van der Waals surface area contributed by atoms with Crippen LogP contribution < -0.4 is 0 Å². The number of nitrogens with zero attached hydrogens (tertiary/aromatic N) is 1. The largest absolute Gasteiger partial charge is 0.396 e. The van der Waals surface area contributed by atoms with Crippen molar-refractivity contribution < 1.29 is 14.7 Å². The topological polar surface area (TPSA) is 57.6 Å². The molecule has 2 aromatic rings. The molecule has 1 atom stereocenters. The predicted octanol–water partition coefficient (Wildman–Crippen LogP) is 2.41. The third-order valence-corrected chi connectivity index (χ3v) is 3.72. The van der Waals surface area contributed by atoms with Crippen molar-refractivity contribution in [3.8, 4) is 0 Å². The van der Waals surface area contributed by atoms with Gasteiger partial charge in [0.1, 0.15) is 0 Å². The Hall–Kier alpha value is -2.46. The molecule has 0 spiro atoms. The zero-order chi connectivity index (χ0) is 14.8. The second-order valence-corrected chi connectivity index (χ2v) is 4.96. The van der Waals surface area contributed by atoms with Crippen LogP contribution in [0.15, 0.2) is 54.6 Å². The number of aliphatic hydroxyl groups is 1. The molecule has 0 saturated heterocycles. The first-order valence-corrected chi connectivity index (χ1v) is 6.86. The molecule has 4 nitrogen and oxygen atoms in total. The number of benzene rings is 2. The number of carbonyl (C=O) groups excluding carboxylic acids is 2. The van der Waals surface area contributed by atoms with Gasteiger partial charge >= 0.3 is 0 Å². The molecular formula is C17H15NO3. The van der Waals surface area contributed by atoms with Gasteiger partial charge in [-0.15, -0.1) is 0 Å². The first-order chi connectivity index (χ1) is 10.2. The fourth-order valence-electron chi connectivity index (χ4n) is 2.73. The molecule has 0 aliphatic carbocycles. The molecule has 0 radical (unpaired) electrons. The van der Waals surface area contributed by atoms with Crippen LogP contribution in [0.4, 0.5) is 0 Å². The fourth-order valence-corrected chi connectivity index (χ4v) is 2.73. The molecule has 1 aliphatic heterocycles. The minimum Gasteiger partial charge on any atom is -0.396 e. The van der Waals surface area contributed by atoms with Crippen molar-refractivity contribution >= 4 is 11.8 Å². The number of rotatable bonds is 4. The third-order valence-electron chi connectivity index (χ3n) is 3.72. The van der Waals surface area contributed by atoms with Crippen molar-refractivity contribution in [1.29, 1.82) is 0 Å². The molecule has 1 N–H and O–H groups in total. The van der Waals surface area contributed by atoms with E-state index in [2.05, 4.69) is 0 Å². The van der Waals surface area contributed by atoms with Gasteiger partial charge in [0, 0.05) is 6.61 Å². The normalized spacial score (nSPS) is 15.2. The first kappa shape index (κ1) is 13.5. The summed E-state index contributed by atoms with van der Waals surface area (Å²) in [6, 6.07) is 15.7. The Morgan fingerprint density at radius 2 is 1.38 bits per heavy atom. The molecule has 0 fully saturated rings. The van der Waals surface area contributed by atoms with Crippen LogP contribution in [-0.2, 0) is 0 Å². The van der Waals surface area contributed by atoms with Crippen molar-refractivity contribution in [2.75, 3.05) is 6.61 Å². The van der Waals surface area contributed by atoms with Gasteiger partial charge in [-0.2, -0.15) is 0 Å².